The molecule has 0 saturated carbocycles. The van der Waals surface area contributed by atoms with Crippen LogP contribution >= 0.6 is 0 Å². The van der Waals surface area contributed by atoms with E-state index >= 15 is 0 Å². The zero-order chi connectivity index (χ0) is 17.7. The summed E-state index contributed by atoms with van der Waals surface area (Å²) in [7, 11) is 0. The molecule has 0 aliphatic carbocycles. The maximum Gasteiger partial charge on any atom is 0.344 e. The number of carbonyl (C=O) groups is 2. The highest BCUT2D eigenvalue weighted by Crippen LogP contribution is 2.26. The van der Waals surface area contributed by atoms with Gasteiger partial charge >= 0.3 is 5.97 Å². The lowest BCUT2D eigenvalue weighted by atomic mass is 10.0. The highest BCUT2D eigenvalue weighted by Gasteiger charge is 2.18. The molecule has 1 amide bonds. The van der Waals surface area contributed by atoms with Crippen molar-refractivity contribution in [3.05, 3.63) is 59.2 Å². The Morgan fingerprint density at radius 3 is 2.29 bits per heavy atom. The summed E-state index contributed by atoms with van der Waals surface area (Å²) in [6.07, 6.45) is 0.746. The quantitative estimate of drug-likeness (QED) is 0.650. The fourth-order valence-electron chi connectivity index (χ4n) is 2.39. The molecule has 4 nitrogen and oxygen atoms in total. The third-order valence-corrected chi connectivity index (χ3v) is 4.09. The Morgan fingerprint density at radius 1 is 1.04 bits per heavy atom. The molecule has 0 saturated heterocycles. The van der Waals surface area contributed by atoms with Crippen LogP contribution in [0.15, 0.2) is 42.5 Å². The Balaban J connectivity index is 2.24. The maximum atomic E-state index is 12.5. The second kappa shape index (κ2) is 7.77. The van der Waals surface area contributed by atoms with Crippen molar-refractivity contribution in [2.45, 2.75) is 34.1 Å². The van der Waals surface area contributed by atoms with Gasteiger partial charge in [0.15, 0.2) is 5.75 Å². The number of aryl methyl sites for hydroxylation is 2. The molecule has 2 aromatic carbocycles. The fraction of sp³-hybridized carbons (Fsp3) is 0.300. The van der Waals surface area contributed by atoms with Crippen LogP contribution in [-0.2, 0) is 4.79 Å². The molecule has 2 aromatic rings. The molecule has 0 radical (unpaired) electrons. The van der Waals surface area contributed by atoms with Crippen molar-refractivity contribution < 1.29 is 14.3 Å². The minimum absolute atomic E-state index is 0.0897. The van der Waals surface area contributed by atoms with E-state index in [0.717, 1.165) is 17.5 Å². The summed E-state index contributed by atoms with van der Waals surface area (Å²) in [5, 5.41) is 2.83. The Morgan fingerprint density at radius 2 is 1.67 bits per heavy atom. The molecule has 126 valence electrons. The van der Waals surface area contributed by atoms with Gasteiger partial charge in [0.1, 0.15) is 0 Å². The Labute approximate surface area is 142 Å². The molecule has 0 fully saturated rings. The lowest BCUT2D eigenvalue weighted by Gasteiger charge is -2.15. The first-order chi connectivity index (χ1) is 11.4. The van der Waals surface area contributed by atoms with Crippen LogP contribution in [0.25, 0.3) is 0 Å². The van der Waals surface area contributed by atoms with Crippen molar-refractivity contribution in [1.29, 1.82) is 0 Å². The number of amides is 1. The molecule has 1 unspecified atom stereocenters. The third kappa shape index (κ3) is 4.02. The fourth-order valence-corrected chi connectivity index (χ4v) is 2.39. The monoisotopic (exact) mass is 325 g/mol. The van der Waals surface area contributed by atoms with E-state index in [1.807, 2.05) is 45.9 Å². The second-order valence-corrected chi connectivity index (χ2v) is 5.95. The molecule has 0 heterocycles. The SMILES string of the molecule is CCC(C)C(=O)Nc1ccccc1OC(=O)c1c(C)cccc1C. The van der Waals surface area contributed by atoms with E-state index in [4.69, 9.17) is 4.74 Å². The molecule has 24 heavy (non-hydrogen) atoms. The lowest BCUT2D eigenvalue weighted by molar-refractivity contribution is -0.119. The van der Waals surface area contributed by atoms with E-state index in [1.54, 1.807) is 24.3 Å². The first-order valence-electron chi connectivity index (χ1n) is 8.12. The number of esters is 1. The van der Waals surface area contributed by atoms with Crippen LogP contribution in [0.2, 0.25) is 0 Å². The van der Waals surface area contributed by atoms with Crippen molar-refractivity contribution in [1.82, 2.24) is 0 Å². The maximum absolute atomic E-state index is 12.5. The van der Waals surface area contributed by atoms with Gasteiger partial charge in [-0.05, 0) is 43.5 Å². The number of ether oxygens (including phenoxy) is 1. The lowest BCUT2D eigenvalue weighted by Crippen LogP contribution is -2.21. The average Bonchev–Trinajstić information content (AvgIpc) is 2.55. The van der Waals surface area contributed by atoms with Gasteiger partial charge in [-0.3, -0.25) is 4.79 Å². The number of nitrogens with one attached hydrogen (secondary N) is 1. The molecule has 0 aliphatic rings. The van der Waals surface area contributed by atoms with Crippen LogP contribution < -0.4 is 10.1 Å². The molecule has 0 bridgehead atoms. The van der Waals surface area contributed by atoms with E-state index in [9.17, 15) is 9.59 Å². The normalized spacial score (nSPS) is 11.7. The Kier molecular flexibility index (Phi) is 5.74. The summed E-state index contributed by atoms with van der Waals surface area (Å²) in [4.78, 5) is 24.7. The van der Waals surface area contributed by atoms with Gasteiger partial charge in [-0.2, -0.15) is 0 Å². The van der Waals surface area contributed by atoms with E-state index in [-0.39, 0.29) is 11.8 Å². The smallest absolute Gasteiger partial charge is 0.344 e. The predicted octanol–water partition coefficient (Wildman–Crippen LogP) is 4.51. The van der Waals surface area contributed by atoms with Crippen LogP contribution in [0, 0.1) is 19.8 Å². The van der Waals surface area contributed by atoms with Gasteiger partial charge in [-0.1, -0.05) is 44.2 Å². The molecular formula is C20H23NO3. The average molecular weight is 325 g/mol. The van der Waals surface area contributed by atoms with Crippen LogP contribution in [0.3, 0.4) is 0 Å². The minimum Gasteiger partial charge on any atom is -0.421 e. The summed E-state index contributed by atoms with van der Waals surface area (Å²) < 4.78 is 5.55. The zero-order valence-electron chi connectivity index (χ0n) is 14.6. The van der Waals surface area contributed by atoms with Crippen molar-refractivity contribution in [2.24, 2.45) is 5.92 Å². The van der Waals surface area contributed by atoms with Crippen molar-refractivity contribution in [3.63, 3.8) is 0 Å². The number of para-hydroxylation sites is 2. The van der Waals surface area contributed by atoms with E-state index in [0.29, 0.717) is 17.0 Å². The second-order valence-electron chi connectivity index (χ2n) is 5.95. The van der Waals surface area contributed by atoms with Gasteiger partial charge in [0, 0.05) is 5.92 Å². The third-order valence-electron chi connectivity index (χ3n) is 4.09. The highest BCUT2D eigenvalue weighted by atomic mass is 16.5. The number of hydrogen-bond donors (Lipinski definition) is 1. The summed E-state index contributed by atoms with van der Waals surface area (Å²) in [6.45, 7) is 7.57. The number of benzene rings is 2. The highest BCUT2D eigenvalue weighted by molar-refractivity contribution is 5.97. The molecule has 2 rings (SSSR count). The van der Waals surface area contributed by atoms with Gasteiger partial charge in [0.25, 0.3) is 0 Å². The van der Waals surface area contributed by atoms with Gasteiger partial charge in [-0.15, -0.1) is 0 Å². The predicted molar refractivity (Wildman–Crippen MR) is 95.4 cm³/mol. The summed E-state index contributed by atoms with van der Waals surface area (Å²) >= 11 is 0. The van der Waals surface area contributed by atoms with E-state index in [1.165, 1.54) is 0 Å². The first-order valence-corrected chi connectivity index (χ1v) is 8.12. The van der Waals surface area contributed by atoms with Gasteiger partial charge < -0.3 is 10.1 Å². The number of carbonyl (C=O) groups excluding carboxylic acids is 2. The molecule has 4 heteroatoms. The molecule has 1 N–H and O–H groups in total. The molecule has 1 atom stereocenters. The zero-order valence-corrected chi connectivity index (χ0v) is 14.6. The summed E-state index contributed by atoms with van der Waals surface area (Å²) in [5.74, 6) is -0.266. The summed E-state index contributed by atoms with van der Waals surface area (Å²) in [5.41, 5.74) is 2.78. The molecule has 0 aliphatic heterocycles. The van der Waals surface area contributed by atoms with Crippen molar-refractivity contribution >= 4 is 17.6 Å². The van der Waals surface area contributed by atoms with Crippen LogP contribution in [0.4, 0.5) is 5.69 Å². The van der Waals surface area contributed by atoms with Gasteiger partial charge in [-0.25, -0.2) is 4.79 Å². The van der Waals surface area contributed by atoms with Crippen LogP contribution in [0.1, 0.15) is 41.8 Å². The standard InChI is InChI=1S/C20H23NO3/c1-5-13(2)19(22)21-16-11-6-7-12-17(16)24-20(23)18-14(3)9-8-10-15(18)4/h6-13H,5H2,1-4H3,(H,21,22). The van der Waals surface area contributed by atoms with E-state index in [2.05, 4.69) is 5.32 Å². The first kappa shape index (κ1) is 17.7. The number of rotatable bonds is 5. The van der Waals surface area contributed by atoms with Crippen molar-refractivity contribution in [3.8, 4) is 5.75 Å². The van der Waals surface area contributed by atoms with Gasteiger partial charge in [0.2, 0.25) is 5.91 Å². The van der Waals surface area contributed by atoms with Crippen LogP contribution in [-0.4, -0.2) is 11.9 Å². The Bertz CT molecular complexity index is 732. The minimum atomic E-state index is -0.421. The Hall–Kier alpha value is -2.62. The number of anilines is 1. The van der Waals surface area contributed by atoms with Gasteiger partial charge in [0.05, 0.1) is 11.3 Å². The molecular weight excluding hydrogens is 302 g/mol. The van der Waals surface area contributed by atoms with Crippen LogP contribution in [0.5, 0.6) is 5.75 Å². The van der Waals surface area contributed by atoms with Crippen molar-refractivity contribution in [2.75, 3.05) is 5.32 Å². The van der Waals surface area contributed by atoms with E-state index < -0.39 is 5.97 Å². The molecule has 0 spiro atoms. The molecule has 0 aromatic heterocycles. The topological polar surface area (TPSA) is 55.4 Å². The number of hydrogen-bond acceptors (Lipinski definition) is 3. The summed E-state index contributed by atoms with van der Waals surface area (Å²) in [6, 6.07) is 12.6. The largest absolute Gasteiger partial charge is 0.421 e.